The van der Waals surface area contributed by atoms with Crippen LogP contribution in [0.5, 0.6) is 0 Å². The molecular weight excluding hydrogens is 312 g/mol. The third-order valence-corrected chi connectivity index (χ3v) is 5.57. The number of aromatic nitrogens is 1. The van der Waals surface area contributed by atoms with Gasteiger partial charge in [0.2, 0.25) is 10.0 Å². The molecule has 7 nitrogen and oxygen atoms in total. The van der Waals surface area contributed by atoms with Gasteiger partial charge in [-0.1, -0.05) is 0 Å². The van der Waals surface area contributed by atoms with Gasteiger partial charge in [0.15, 0.2) is 0 Å². The number of amides is 1. The fourth-order valence-electron chi connectivity index (χ4n) is 2.17. The van der Waals surface area contributed by atoms with Gasteiger partial charge in [0, 0.05) is 39.3 Å². The van der Waals surface area contributed by atoms with Crippen LogP contribution in [0.2, 0.25) is 0 Å². The Balaban J connectivity index is 1.70. The van der Waals surface area contributed by atoms with Crippen molar-refractivity contribution in [1.29, 1.82) is 0 Å². The molecule has 1 N–H and O–H groups in total. The van der Waals surface area contributed by atoms with Crippen molar-refractivity contribution in [2.24, 2.45) is 0 Å². The third kappa shape index (κ3) is 4.73. The van der Waals surface area contributed by atoms with Gasteiger partial charge in [-0.15, -0.1) is 11.3 Å². The molecule has 1 aliphatic rings. The van der Waals surface area contributed by atoms with Gasteiger partial charge in [-0.05, 0) is 6.92 Å². The standard InChI is InChI=1S/C12H20N4O3S2/c1-10-14-9-11(20-10)12(17)13-3-4-15-5-7-16(8-6-15)21(2,18)19/h9H,3-8H2,1-2H3,(H,13,17). The van der Waals surface area contributed by atoms with Crippen LogP contribution in [0.15, 0.2) is 6.20 Å². The Bertz CT molecular complexity index is 591. The summed E-state index contributed by atoms with van der Waals surface area (Å²) in [5.41, 5.74) is 0. The van der Waals surface area contributed by atoms with E-state index in [0.29, 0.717) is 37.6 Å². The average Bonchev–Trinajstić information content (AvgIpc) is 2.85. The second kappa shape index (κ2) is 6.82. The smallest absolute Gasteiger partial charge is 0.263 e. The van der Waals surface area contributed by atoms with Crippen LogP contribution in [0.4, 0.5) is 0 Å². The van der Waals surface area contributed by atoms with Gasteiger partial charge >= 0.3 is 0 Å². The molecule has 1 amide bonds. The number of nitrogens with zero attached hydrogens (tertiary/aromatic N) is 3. The first-order chi connectivity index (χ1) is 9.86. The molecule has 0 atom stereocenters. The second-order valence-corrected chi connectivity index (χ2v) is 8.22. The van der Waals surface area contributed by atoms with E-state index >= 15 is 0 Å². The normalized spacial score (nSPS) is 17.8. The molecule has 21 heavy (non-hydrogen) atoms. The van der Waals surface area contributed by atoms with Gasteiger partial charge in [-0.2, -0.15) is 4.31 Å². The lowest BCUT2D eigenvalue weighted by Crippen LogP contribution is -2.49. The summed E-state index contributed by atoms with van der Waals surface area (Å²) in [5.74, 6) is -0.102. The molecule has 9 heteroatoms. The van der Waals surface area contributed by atoms with E-state index in [-0.39, 0.29) is 5.91 Å². The number of thiazole rings is 1. The highest BCUT2D eigenvalue weighted by Crippen LogP contribution is 2.11. The van der Waals surface area contributed by atoms with Gasteiger partial charge < -0.3 is 5.32 Å². The molecule has 2 heterocycles. The van der Waals surface area contributed by atoms with Crippen molar-refractivity contribution in [3.05, 3.63) is 16.1 Å². The van der Waals surface area contributed by atoms with Gasteiger partial charge in [0.05, 0.1) is 17.5 Å². The topological polar surface area (TPSA) is 82.6 Å². The first kappa shape index (κ1) is 16.3. The quantitative estimate of drug-likeness (QED) is 0.805. The van der Waals surface area contributed by atoms with Crippen LogP contribution in [0.1, 0.15) is 14.7 Å². The predicted octanol–water partition coefficient (Wildman–Crippen LogP) is -0.241. The Labute approximate surface area is 129 Å². The van der Waals surface area contributed by atoms with E-state index in [4.69, 9.17) is 0 Å². The number of hydrogen-bond acceptors (Lipinski definition) is 6. The van der Waals surface area contributed by atoms with E-state index in [9.17, 15) is 13.2 Å². The van der Waals surface area contributed by atoms with Crippen molar-refractivity contribution in [1.82, 2.24) is 19.5 Å². The lowest BCUT2D eigenvalue weighted by molar-refractivity contribution is 0.0949. The minimum atomic E-state index is -3.09. The number of nitrogens with one attached hydrogen (secondary N) is 1. The highest BCUT2D eigenvalue weighted by Gasteiger charge is 2.23. The number of hydrogen-bond donors (Lipinski definition) is 1. The fraction of sp³-hybridized carbons (Fsp3) is 0.667. The largest absolute Gasteiger partial charge is 0.350 e. The molecule has 1 aromatic rings. The van der Waals surface area contributed by atoms with Crippen LogP contribution < -0.4 is 5.32 Å². The monoisotopic (exact) mass is 332 g/mol. The van der Waals surface area contributed by atoms with E-state index < -0.39 is 10.0 Å². The molecule has 1 aliphatic heterocycles. The lowest BCUT2D eigenvalue weighted by Gasteiger charge is -2.33. The molecule has 0 bridgehead atoms. The summed E-state index contributed by atoms with van der Waals surface area (Å²) in [6.45, 7) is 5.56. The van der Waals surface area contributed by atoms with E-state index in [1.807, 2.05) is 6.92 Å². The molecule has 1 fully saturated rings. The molecule has 1 aromatic heterocycles. The van der Waals surface area contributed by atoms with E-state index in [2.05, 4.69) is 15.2 Å². The number of aryl methyl sites for hydroxylation is 1. The zero-order valence-electron chi connectivity index (χ0n) is 12.2. The molecule has 0 radical (unpaired) electrons. The Morgan fingerprint density at radius 3 is 2.57 bits per heavy atom. The number of carbonyl (C=O) groups is 1. The summed E-state index contributed by atoms with van der Waals surface area (Å²) in [6.07, 6.45) is 2.82. The summed E-state index contributed by atoms with van der Waals surface area (Å²) in [4.78, 5) is 18.7. The number of carbonyl (C=O) groups excluding carboxylic acids is 1. The Hall–Kier alpha value is -1.03. The molecule has 0 saturated carbocycles. The zero-order chi connectivity index (χ0) is 15.5. The predicted molar refractivity (Wildman–Crippen MR) is 82.0 cm³/mol. The van der Waals surface area contributed by atoms with Gasteiger partial charge in [-0.3, -0.25) is 9.69 Å². The van der Waals surface area contributed by atoms with Crippen LogP contribution in [0.25, 0.3) is 0 Å². The minimum absolute atomic E-state index is 0.102. The van der Waals surface area contributed by atoms with E-state index in [1.54, 1.807) is 6.20 Å². The maximum Gasteiger partial charge on any atom is 0.263 e. The molecule has 0 unspecified atom stereocenters. The highest BCUT2D eigenvalue weighted by molar-refractivity contribution is 7.88. The summed E-state index contributed by atoms with van der Waals surface area (Å²) in [7, 11) is -3.09. The van der Waals surface area contributed by atoms with Gasteiger partial charge in [0.25, 0.3) is 5.91 Å². The fourth-order valence-corrected chi connectivity index (χ4v) is 3.69. The Morgan fingerprint density at radius 2 is 2.05 bits per heavy atom. The average molecular weight is 332 g/mol. The molecule has 0 aliphatic carbocycles. The van der Waals surface area contributed by atoms with Crippen LogP contribution >= 0.6 is 11.3 Å². The number of piperazine rings is 1. The Morgan fingerprint density at radius 1 is 1.38 bits per heavy atom. The number of rotatable bonds is 5. The first-order valence-corrected chi connectivity index (χ1v) is 9.41. The van der Waals surface area contributed by atoms with Crippen LogP contribution in [-0.4, -0.2) is 74.0 Å². The van der Waals surface area contributed by atoms with Crippen molar-refractivity contribution < 1.29 is 13.2 Å². The minimum Gasteiger partial charge on any atom is -0.350 e. The van der Waals surface area contributed by atoms with Crippen molar-refractivity contribution in [2.75, 3.05) is 45.5 Å². The molecule has 2 rings (SSSR count). The van der Waals surface area contributed by atoms with Crippen molar-refractivity contribution in [2.45, 2.75) is 6.92 Å². The van der Waals surface area contributed by atoms with Gasteiger partial charge in [0.1, 0.15) is 4.88 Å². The summed E-state index contributed by atoms with van der Waals surface area (Å²) >= 11 is 1.37. The van der Waals surface area contributed by atoms with Crippen LogP contribution in [0, 0.1) is 6.92 Å². The lowest BCUT2D eigenvalue weighted by atomic mass is 10.3. The second-order valence-electron chi connectivity index (χ2n) is 5.00. The molecular formula is C12H20N4O3S2. The third-order valence-electron chi connectivity index (χ3n) is 3.36. The molecule has 0 aromatic carbocycles. The molecule has 1 saturated heterocycles. The van der Waals surface area contributed by atoms with Crippen LogP contribution in [0.3, 0.4) is 0 Å². The molecule has 118 valence electrons. The maximum absolute atomic E-state index is 11.8. The van der Waals surface area contributed by atoms with Crippen molar-refractivity contribution >= 4 is 27.3 Å². The zero-order valence-corrected chi connectivity index (χ0v) is 13.8. The van der Waals surface area contributed by atoms with Crippen molar-refractivity contribution in [3.8, 4) is 0 Å². The SMILES string of the molecule is Cc1ncc(C(=O)NCCN2CCN(S(C)(=O)=O)CC2)s1. The summed E-state index contributed by atoms with van der Waals surface area (Å²) < 4.78 is 24.3. The van der Waals surface area contributed by atoms with Gasteiger partial charge in [-0.25, -0.2) is 13.4 Å². The maximum atomic E-state index is 11.8. The summed E-state index contributed by atoms with van der Waals surface area (Å²) in [5, 5.41) is 3.73. The highest BCUT2D eigenvalue weighted by atomic mass is 32.2. The Kier molecular flexibility index (Phi) is 5.31. The van der Waals surface area contributed by atoms with E-state index in [1.165, 1.54) is 21.9 Å². The van der Waals surface area contributed by atoms with Crippen LogP contribution in [-0.2, 0) is 10.0 Å². The van der Waals surface area contributed by atoms with Crippen molar-refractivity contribution in [3.63, 3.8) is 0 Å². The van der Waals surface area contributed by atoms with E-state index in [0.717, 1.165) is 11.6 Å². The first-order valence-electron chi connectivity index (χ1n) is 6.74. The number of sulfonamides is 1. The summed E-state index contributed by atoms with van der Waals surface area (Å²) in [6, 6.07) is 0. The molecule has 0 spiro atoms.